The number of carbonyl (C=O) groups excluding carboxylic acids is 1. The van der Waals surface area contributed by atoms with Gasteiger partial charge in [0.05, 0.1) is 16.9 Å². The molecule has 7 nitrogen and oxygen atoms in total. The third-order valence-corrected chi connectivity index (χ3v) is 5.87. The van der Waals surface area contributed by atoms with Crippen molar-refractivity contribution in [2.75, 3.05) is 6.54 Å². The summed E-state index contributed by atoms with van der Waals surface area (Å²) in [5.41, 5.74) is 12.7. The number of nitrogens with zero attached hydrogens (tertiary/aromatic N) is 4. The summed E-state index contributed by atoms with van der Waals surface area (Å²) < 4.78 is 1.72. The zero-order chi connectivity index (χ0) is 21.4. The number of nitrogens with two attached hydrogens (primary N) is 1. The maximum atomic E-state index is 12.5. The molecule has 1 aromatic carbocycles. The number of hydrogen-bond donors (Lipinski definition) is 2. The van der Waals surface area contributed by atoms with E-state index in [0.717, 1.165) is 57.4 Å². The van der Waals surface area contributed by atoms with Crippen LogP contribution in [0.1, 0.15) is 28.0 Å². The molecule has 3 heterocycles. The number of carbonyl (C=O) groups is 1. The van der Waals surface area contributed by atoms with Gasteiger partial charge in [0.1, 0.15) is 5.69 Å². The molecular formula is C23H21ClN6O. The molecular weight excluding hydrogens is 412 g/mol. The standard InChI is InChI=1S/C23H21ClN6O/c24-28-23(31)22-17-7-6-15-12-27-20(11-18(15)21(17)29-30(22)9-3-8-25)16-10-14-4-1-2-5-19(14)26-13-16/h1-2,4-5,10-13H,3,6-9,25H2,(H,28,31). The Labute approximate surface area is 184 Å². The quantitative estimate of drug-likeness (QED) is 0.470. The molecule has 1 aliphatic rings. The average Bonchev–Trinajstić information content (AvgIpc) is 3.20. The number of aromatic nitrogens is 4. The summed E-state index contributed by atoms with van der Waals surface area (Å²) >= 11 is 5.66. The number of halogens is 1. The fraction of sp³-hybridized carbons (Fsp3) is 0.217. The van der Waals surface area contributed by atoms with E-state index in [2.05, 4.69) is 20.9 Å². The fourth-order valence-electron chi connectivity index (χ4n) is 4.19. The summed E-state index contributed by atoms with van der Waals surface area (Å²) in [7, 11) is 0. The van der Waals surface area contributed by atoms with Crippen molar-refractivity contribution in [3.8, 4) is 22.5 Å². The van der Waals surface area contributed by atoms with Crippen molar-refractivity contribution in [3.63, 3.8) is 0 Å². The van der Waals surface area contributed by atoms with Crippen LogP contribution in [-0.4, -0.2) is 32.2 Å². The van der Waals surface area contributed by atoms with E-state index in [0.29, 0.717) is 25.2 Å². The minimum Gasteiger partial charge on any atom is -0.330 e. The van der Waals surface area contributed by atoms with E-state index in [-0.39, 0.29) is 5.91 Å². The molecule has 0 spiro atoms. The largest absolute Gasteiger partial charge is 0.330 e. The summed E-state index contributed by atoms with van der Waals surface area (Å²) in [6.07, 6.45) is 5.97. The molecule has 0 saturated carbocycles. The van der Waals surface area contributed by atoms with Crippen molar-refractivity contribution >= 4 is 28.6 Å². The highest BCUT2D eigenvalue weighted by atomic mass is 35.5. The number of aryl methyl sites for hydroxylation is 2. The first-order valence-electron chi connectivity index (χ1n) is 10.2. The van der Waals surface area contributed by atoms with E-state index >= 15 is 0 Å². The van der Waals surface area contributed by atoms with Gasteiger partial charge in [-0.2, -0.15) is 5.10 Å². The molecule has 1 amide bonds. The first-order valence-corrected chi connectivity index (χ1v) is 10.6. The first kappa shape index (κ1) is 19.7. The predicted octanol–water partition coefficient (Wildman–Crippen LogP) is 3.49. The highest BCUT2D eigenvalue weighted by Gasteiger charge is 2.28. The second-order valence-corrected chi connectivity index (χ2v) is 7.80. The summed E-state index contributed by atoms with van der Waals surface area (Å²) in [4.78, 5) is 24.0. The lowest BCUT2D eigenvalue weighted by Gasteiger charge is -2.16. The number of amides is 1. The number of pyridine rings is 2. The number of benzene rings is 1. The van der Waals surface area contributed by atoms with Crippen LogP contribution in [0.3, 0.4) is 0 Å². The fourth-order valence-corrected chi connectivity index (χ4v) is 4.28. The minimum atomic E-state index is -0.344. The van der Waals surface area contributed by atoms with Crippen LogP contribution < -0.4 is 10.6 Å². The Kier molecular flexibility index (Phi) is 5.13. The number of para-hydroxylation sites is 1. The third-order valence-electron chi connectivity index (χ3n) is 5.70. The van der Waals surface area contributed by atoms with Gasteiger partial charge in [0, 0.05) is 52.8 Å². The lowest BCUT2D eigenvalue weighted by atomic mass is 9.89. The highest BCUT2D eigenvalue weighted by Crippen LogP contribution is 2.36. The van der Waals surface area contributed by atoms with E-state index in [1.165, 1.54) is 0 Å². The van der Waals surface area contributed by atoms with Crippen LogP contribution in [0.4, 0.5) is 0 Å². The number of hydrogen-bond acceptors (Lipinski definition) is 5. The van der Waals surface area contributed by atoms with Crippen molar-refractivity contribution in [3.05, 3.63) is 65.6 Å². The number of rotatable bonds is 5. The lowest BCUT2D eigenvalue weighted by Crippen LogP contribution is -2.21. The van der Waals surface area contributed by atoms with Gasteiger partial charge in [-0.3, -0.25) is 24.3 Å². The van der Waals surface area contributed by atoms with Crippen molar-refractivity contribution in [1.29, 1.82) is 0 Å². The van der Waals surface area contributed by atoms with Gasteiger partial charge < -0.3 is 5.73 Å². The van der Waals surface area contributed by atoms with Crippen molar-refractivity contribution in [2.45, 2.75) is 25.8 Å². The predicted molar refractivity (Wildman–Crippen MR) is 121 cm³/mol. The Balaban J connectivity index is 1.62. The van der Waals surface area contributed by atoms with Crippen LogP contribution in [0.15, 0.2) is 48.8 Å². The van der Waals surface area contributed by atoms with Gasteiger partial charge in [0.2, 0.25) is 0 Å². The van der Waals surface area contributed by atoms with Gasteiger partial charge in [-0.25, -0.2) is 0 Å². The van der Waals surface area contributed by atoms with Crippen molar-refractivity contribution < 1.29 is 4.79 Å². The minimum absolute atomic E-state index is 0.344. The molecule has 8 heteroatoms. The van der Waals surface area contributed by atoms with Gasteiger partial charge in [-0.1, -0.05) is 18.2 Å². The van der Waals surface area contributed by atoms with Gasteiger partial charge in [0.15, 0.2) is 0 Å². The summed E-state index contributed by atoms with van der Waals surface area (Å²) in [6, 6.07) is 12.1. The Morgan fingerprint density at radius 3 is 2.87 bits per heavy atom. The molecule has 3 aromatic heterocycles. The van der Waals surface area contributed by atoms with Gasteiger partial charge in [0.25, 0.3) is 5.91 Å². The van der Waals surface area contributed by atoms with Crippen molar-refractivity contribution in [1.82, 2.24) is 24.6 Å². The molecule has 4 aromatic rings. The van der Waals surface area contributed by atoms with Crippen LogP contribution in [0.2, 0.25) is 0 Å². The molecule has 0 atom stereocenters. The van der Waals surface area contributed by atoms with Crippen LogP contribution in [-0.2, 0) is 19.4 Å². The summed E-state index contributed by atoms with van der Waals surface area (Å²) in [5, 5.41) is 5.84. The zero-order valence-electron chi connectivity index (χ0n) is 16.8. The second kappa shape index (κ2) is 8.09. The SMILES string of the molecule is NCCCn1nc2c(c1C(=O)NCl)CCc1cnc(-c3cnc4ccccc4c3)cc1-2. The Morgan fingerprint density at radius 2 is 2.03 bits per heavy atom. The van der Waals surface area contributed by atoms with Crippen LogP contribution in [0.5, 0.6) is 0 Å². The van der Waals surface area contributed by atoms with E-state index in [4.69, 9.17) is 22.6 Å². The monoisotopic (exact) mass is 432 g/mol. The number of nitrogens with one attached hydrogen (secondary N) is 1. The molecule has 156 valence electrons. The first-order chi connectivity index (χ1) is 15.2. The van der Waals surface area contributed by atoms with Gasteiger partial charge in [-0.15, -0.1) is 0 Å². The third kappa shape index (κ3) is 3.45. The Morgan fingerprint density at radius 1 is 1.16 bits per heavy atom. The molecule has 0 unspecified atom stereocenters. The molecule has 0 aliphatic heterocycles. The van der Waals surface area contributed by atoms with E-state index in [9.17, 15) is 4.79 Å². The molecule has 0 bridgehead atoms. The Bertz CT molecular complexity index is 1300. The summed E-state index contributed by atoms with van der Waals surface area (Å²) in [6.45, 7) is 1.08. The Hall–Kier alpha value is -3.29. The molecule has 0 radical (unpaired) electrons. The maximum Gasteiger partial charge on any atom is 0.284 e. The van der Waals surface area contributed by atoms with Crippen LogP contribution in [0, 0.1) is 0 Å². The topological polar surface area (TPSA) is 98.7 Å². The van der Waals surface area contributed by atoms with E-state index in [1.54, 1.807) is 4.68 Å². The molecule has 0 fully saturated rings. The molecule has 1 aliphatic carbocycles. The zero-order valence-corrected chi connectivity index (χ0v) is 17.6. The molecule has 0 saturated heterocycles. The van der Waals surface area contributed by atoms with E-state index < -0.39 is 0 Å². The van der Waals surface area contributed by atoms with Crippen LogP contribution in [0.25, 0.3) is 33.4 Å². The smallest absolute Gasteiger partial charge is 0.284 e. The second-order valence-electron chi connectivity index (χ2n) is 7.61. The van der Waals surface area contributed by atoms with Crippen molar-refractivity contribution in [2.24, 2.45) is 5.73 Å². The van der Waals surface area contributed by atoms with Gasteiger partial charge in [-0.05, 0) is 49.6 Å². The highest BCUT2D eigenvalue weighted by molar-refractivity contribution is 6.24. The molecule has 31 heavy (non-hydrogen) atoms. The van der Waals surface area contributed by atoms with Crippen LogP contribution >= 0.6 is 11.8 Å². The maximum absolute atomic E-state index is 12.5. The molecule has 3 N–H and O–H groups in total. The average molecular weight is 433 g/mol. The molecule has 5 rings (SSSR count). The normalized spacial score (nSPS) is 12.5. The summed E-state index contributed by atoms with van der Waals surface area (Å²) in [5.74, 6) is -0.344. The number of fused-ring (bicyclic) bond motifs is 4. The van der Waals surface area contributed by atoms with Gasteiger partial charge >= 0.3 is 0 Å². The van der Waals surface area contributed by atoms with E-state index in [1.807, 2.05) is 42.7 Å². The lowest BCUT2D eigenvalue weighted by molar-refractivity contribution is 0.0970.